The molecule has 0 bridgehead atoms. The molecule has 24 heavy (non-hydrogen) atoms. The van der Waals surface area contributed by atoms with Crippen LogP contribution in [0.5, 0.6) is 0 Å². The fourth-order valence-electron chi connectivity index (χ4n) is 3.66. The van der Waals surface area contributed by atoms with Gasteiger partial charge in [-0.15, -0.1) is 11.3 Å². The minimum absolute atomic E-state index is 0.366. The van der Waals surface area contributed by atoms with Gasteiger partial charge in [0, 0.05) is 35.8 Å². The zero-order valence-electron chi connectivity index (χ0n) is 14.7. The number of hydrogen-bond donors (Lipinski definition) is 1. The highest BCUT2D eigenvalue weighted by atomic mass is 32.1. The van der Waals surface area contributed by atoms with Gasteiger partial charge in [0.05, 0.1) is 25.0 Å². The van der Waals surface area contributed by atoms with Crippen molar-refractivity contribution >= 4 is 11.3 Å². The van der Waals surface area contributed by atoms with E-state index in [4.69, 9.17) is 4.74 Å². The van der Waals surface area contributed by atoms with Crippen LogP contribution in [0.3, 0.4) is 0 Å². The lowest BCUT2D eigenvalue weighted by Gasteiger charge is -2.27. The Morgan fingerprint density at radius 3 is 2.96 bits per heavy atom. The van der Waals surface area contributed by atoms with Gasteiger partial charge in [-0.2, -0.15) is 5.10 Å². The predicted molar refractivity (Wildman–Crippen MR) is 96.2 cm³/mol. The van der Waals surface area contributed by atoms with E-state index in [9.17, 15) is 5.11 Å². The Bertz CT molecular complexity index is 654. The maximum Gasteiger partial charge on any atom is 0.0900 e. The first kappa shape index (κ1) is 17.6. The molecule has 1 fully saturated rings. The monoisotopic (exact) mass is 349 g/mol. The first-order valence-corrected chi connectivity index (χ1v) is 9.46. The van der Waals surface area contributed by atoms with Gasteiger partial charge in [0.15, 0.2) is 0 Å². The standard InChI is InChI=1S/C18H27N3O2S/c1-13-18(14(2)20(3)19-13)17-7-4-8-21(17)10-15(22)11-23-12-16-6-5-9-24-16/h5-6,9,15,17,22H,4,7-8,10-12H2,1-3H3/t15-,17+/m1/s1. The Morgan fingerprint density at radius 1 is 1.46 bits per heavy atom. The normalized spacial score (nSPS) is 19.9. The van der Waals surface area contributed by atoms with Crippen molar-refractivity contribution < 1.29 is 9.84 Å². The van der Waals surface area contributed by atoms with Gasteiger partial charge >= 0.3 is 0 Å². The number of aryl methyl sites for hydroxylation is 2. The third-order valence-electron chi connectivity index (χ3n) is 4.84. The number of hydrogen-bond acceptors (Lipinski definition) is 5. The van der Waals surface area contributed by atoms with Gasteiger partial charge in [0.25, 0.3) is 0 Å². The van der Waals surface area contributed by atoms with Crippen LogP contribution in [0, 0.1) is 13.8 Å². The molecule has 0 radical (unpaired) electrons. The average molecular weight is 350 g/mol. The molecule has 1 saturated heterocycles. The summed E-state index contributed by atoms with van der Waals surface area (Å²) in [5.41, 5.74) is 3.67. The van der Waals surface area contributed by atoms with E-state index in [1.54, 1.807) is 11.3 Å². The van der Waals surface area contributed by atoms with Gasteiger partial charge in [-0.1, -0.05) is 6.07 Å². The highest BCUT2D eigenvalue weighted by Crippen LogP contribution is 2.35. The van der Waals surface area contributed by atoms with Crippen molar-refractivity contribution in [2.75, 3.05) is 19.7 Å². The number of aromatic nitrogens is 2. The molecule has 1 N–H and O–H groups in total. The molecule has 1 aliphatic heterocycles. The summed E-state index contributed by atoms with van der Waals surface area (Å²) in [5.74, 6) is 0. The van der Waals surface area contributed by atoms with Crippen molar-refractivity contribution in [2.45, 2.75) is 45.4 Å². The number of β-amino-alcohol motifs (C(OH)–C–C–N with tert-alkyl or cyclic N) is 1. The highest BCUT2D eigenvalue weighted by Gasteiger charge is 2.31. The fourth-order valence-corrected chi connectivity index (χ4v) is 4.30. The van der Waals surface area contributed by atoms with Gasteiger partial charge in [-0.05, 0) is 44.7 Å². The Kier molecular flexibility index (Phi) is 5.71. The number of rotatable bonds is 7. The largest absolute Gasteiger partial charge is 0.389 e. The Labute approximate surface area is 147 Å². The lowest BCUT2D eigenvalue weighted by atomic mass is 10.0. The van der Waals surface area contributed by atoms with Gasteiger partial charge in [-0.3, -0.25) is 9.58 Å². The summed E-state index contributed by atoms with van der Waals surface area (Å²) in [4.78, 5) is 3.58. The zero-order valence-corrected chi connectivity index (χ0v) is 15.6. The fraction of sp³-hybridized carbons (Fsp3) is 0.611. The molecule has 0 amide bonds. The summed E-state index contributed by atoms with van der Waals surface area (Å²) in [6, 6.07) is 4.44. The molecule has 0 aliphatic carbocycles. The molecule has 2 aromatic heterocycles. The number of nitrogens with zero attached hydrogens (tertiary/aromatic N) is 3. The quantitative estimate of drug-likeness (QED) is 0.835. The van der Waals surface area contributed by atoms with Gasteiger partial charge < -0.3 is 9.84 Å². The Hall–Kier alpha value is -1.21. The first-order valence-electron chi connectivity index (χ1n) is 8.58. The number of likely N-dealkylation sites (tertiary alicyclic amines) is 1. The van der Waals surface area contributed by atoms with Crippen LogP contribution in [0.2, 0.25) is 0 Å². The third kappa shape index (κ3) is 3.88. The molecule has 1 aliphatic rings. The van der Waals surface area contributed by atoms with Crippen LogP contribution < -0.4 is 0 Å². The molecule has 6 heteroatoms. The van der Waals surface area contributed by atoms with Crippen LogP contribution in [-0.2, 0) is 18.4 Å². The smallest absolute Gasteiger partial charge is 0.0900 e. The molecule has 0 spiro atoms. The van der Waals surface area contributed by atoms with E-state index in [2.05, 4.69) is 29.9 Å². The summed E-state index contributed by atoms with van der Waals surface area (Å²) >= 11 is 1.68. The van der Waals surface area contributed by atoms with Crippen LogP contribution in [0.4, 0.5) is 0 Å². The van der Waals surface area contributed by atoms with E-state index < -0.39 is 6.10 Å². The van der Waals surface area contributed by atoms with E-state index >= 15 is 0 Å². The number of aliphatic hydroxyl groups is 1. The zero-order chi connectivity index (χ0) is 17.1. The van der Waals surface area contributed by atoms with E-state index in [1.807, 2.05) is 23.2 Å². The summed E-state index contributed by atoms with van der Waals surface area (Å²) < 4.78 is 7.62. The first-order chi connectivity index (χ1) is 11.6. The van der Waals surface area contributed by atoms with Gasteiger partial charge in [0.1, 0.15) is 0 Å². The van der Waals surface area contributed by atoms with Gasteiger partial charge in [0.2, 0.25) is 0 Å². The van der Waals surface area contributed by atoms with Crippen molar-refractivity contribution in [2.24, 2.45) is 7.05 Å². The van der Waals surface area contributed by atoms with Crippen molar-refractivity contribution in [1.82, 2.24) is 14.7 Å². The second-order valence-corrected chi connectivity index (χ2v) is 7.64. The van der Waals surface area contributed by atoms with Crippen LogP contribution in [0.25, 0.3) is 0 Å². The van der Waals surface area contributed by atoms with Gasteiger partial charge in [-0.25, -0.2) is 0 Å². The molecule has 5 nitrogen and oxygen atoms in total. The number of thiophene rings is 1. The molecule has 0 unspecified atom stereocenters. The summed E-state index contributed by atoms with van der Waals surface area (Å²) in [5, 5.41) is 17.0. The third-order valence-corrected chi connectivity index (χ3v) is 5.69. The summed E-state index contributed by atoms with van der Waals surface area (Å²) in [7, 11) is 2.00. The molecular formula is C18H27N3O2S. The molecule has 3 rings (SSSR count). The molecular weight excluding hydrogens is 322 g/mol. The second-order valence-electron chi connectivity index (χ2n) is 6.61. The average Bonchev–Trinajstić information content (AvgIpc) is 3.24. The lowest BCUT2D eigenvalue weighted by molar-refractivity contribution is 0.00840. The predicted octanol–water partition coefficient (Wildman–Crippen LogP) is 2.81. The minimum Gasteiger partial charge on any atom is -0.389 e. The number of ether oxygens (including phenoxy) is 1. The van der Waals surface area contributed by atoms with E-state index in [0.717, 1.165) is 18.7 Å². The molecule has 0 aromatic carbocycles. The van der Waals surface area contributed by atoms with Crippen LogP contribution >= 0.6 is 11.3 Å². The minimum atomic E-state index is -0.456. The van der Waals surface area contributed by atoms with E-state index in [0.29, 0.717) is 25.8 Å². The lowest BCUT2D eigenvalue weighted by Crippen LogP contribution is -2.35. The summed E-state index contributed by atoms with van der Waals surface area (Å²) in [6.45, 7) is 6.86. The van der Waals surface area contributed by atoms with Crippen molar-refractivity contribution in [3.05, 3.63) is 39.3 Å². The van der Waals surface area contributed by atoms with Crippen molar-refractivity contribution in [3.8, 4) is 0 Å². The topological polar surface area (TPSA) is 50.5 Å². The van der Waals surface area contributed by atoms with E-state index in [1.165, 1.54) is 22.6 Å². The molecule has 2 atom stereocenters. The van der Waals surface area contributed by atoms with E-state index in [-0.39, 0.29) is 0 Å². The Morgan fingerprint density at radius 2 is 2.29 bits per heavy atom. The maximum absolute atomic E-state index is 10.4. The van der Waals surface area contributed by atoms with Crippen LogP contribution in [0.1, 0.15) is 40.7 Å². The molecule has 132 valence electrons. The van der Waals surface area contributed by atoms with Crippen molar-refractivity contribution in [1.29, 1.82) is 0 Å². The number of aliphatic hydroxyl groups excluding tert-OH is 1. The van der Waals surface area contributed by atoms with Crippen LogP contribution in [0.15, 0.2) is 17.5 Å². The Balaban J connectivity index is 1.55. The van der Waals surface area contributed by atoms with Crippen molar-refractivity contribution in [3.63, 3.8) is 0 Å². The van der Waals surface area contributed by atoms with Crippen LogP contribution in [-0.4, -0.2) is 45.6 Å². The molecule has 0 saturated carbocycles. The summed E-state index contributed by atoms with van der Waals surface area (Å²) in [6.07, 6.45) is 1.85. The second kappa shape index (κ2) is 7.78. The highest BCUT2D eigenvalue weighted by molar-refractivity contribution is 7.09. The molecule has 3 heterocycles. The SMILES string of the molecule is Cc1nn(C)c(C)c1[C@@H]1CCCN1C[C@@H](O)COCc1cccs1. The maximum atomic E-state index is 10.4. The molecule has 2 aromatic rings.